The third-order valence-corrected chi connectivity index (χ3v) is 3.77. The fraction of sp³-hybridized carbons (Fsp3) is 0.600. The third kappa shape index (κ3) is 2.52. The maximum atomic E-state index is 13.9. The fourth-order valence-corrected chi connectivity index (χ4v) is 3.02. The highest BCUT2D eigenvalue weighted by molar-refractivity contribution is 5.31. The van der Waals surface area contributed by atoms with Crippen molar-refractivity contribution in [2.75, 3.05) is 6.54 Å². The molecule has 0 aliphatic heterocycles. The summed E-state index contributed by atoms with van der Waals surface area (Å²) < 4.78 is 13.9. The van der Waals surface area contributed by atoms with Gasteiger partial charge in [-0.15, -0.1) is 0 Å². The molecule has 0 atom stereocenters. The standard InChI is InChI=1S/C15H22FN/c1-11(2)17-10-15(8-12(3)9-15)13-6-4-5-7-14(13)16/h4-7,11-12,17H,8-10H2,1-3H3. The van der Waals surface area contributed by atoms with Crippen molar-refractivity contribution >= 4 is 0 Å². The number of nitrogens with one attached hydrogen (secondary N) is 1. The van der Waals surface area contributed by atoms with Crippen LogP contribution < -0.4 is 5.32 Å². The van der Waals surface area contributed by atoms with Gasteiger partial charge in [0.2, 0.25) is 0 Å². The summed E-state index contributed by atoms with van der Waals surface area (Å²) in [6.07, 6.45) is 2.18. The Kier molecular flexibility index (Phi) is 3.53. The molecule has 0 aromatic heterocycles. The lowest BCUT2D eigenvalue weighted by atomic mass is 9.59. The summed E-state index contributed by atoms with van der Waals surface area (Å²) in [6.45, 7) is 7.40. The smallest absolute Gasteiger partial charge is 0.127 e. The molecule has 1 N–H and O–H groups in total. The van der Waals surface area contributed by atoms with Gasteiger partial charge in [-0.1, -0.05) is 39.0 Å². The summed E-state index contributed by atoms with van der Waals surface area (Å²) >= 11 is 0. The summed E-state index contributed by atoms with van der Waals surface area (Å²) in [4.78, 5) is 0. The molecule has 0 amide bonds. The SMILES string of the molecule is CC1CC(CNC(C)C)(c2ccccc2F)C1. The van der Waals surface area contributed by atoms with E-state index in [-0.39, 0.29) is 11.2 Å². The van der Waals surface area contributed by atoms with Crippen molar-refractivity contribution in [1.29, 1.82) is 0 Å². The molecule has 0 saturated heterocycles. The molecule has 0 spiro atoms. The van der Waals surface area contributed by atoms with Crippen molar-refractivity contribution in [3.8, 4) is 0 Å². The molecular formula is C15H22FN. The second-order valence-corrected chi connectivity index (χ2v) is 5.81. The molecule has 94 valence electrons. The number of rotatable bonds is 4. The molecule has 1 aromatic rings. The average Bonchev–Trinajstić information content (AvgIpc) is 2.23. The highest BCUT2D eigenvalue weighted by Gasteiger charge is 2.44. The van der Waals surface area contributed by atoms with Crippen LogP contribution in [0.3, 0.4) is 0 Å². The van der Waals surface area contributed by atoms with Gasteiger partial charge in [0.05, 0.1) is 0 Å². The second-order valence-electron chi connectivity index (χ2n) is 5.81. The summed E-state index contributed by atoms with van der Waals surface area (Å²) in [6, 6.07) is 7.69. The molecule has 1 saturated carbocycles. The minimum Gasteiger partial charge on any atom is -0.314 e. The van der Waals surface area contributed by atoms with E-state index in [1.54, 1.807) is 12.1 Å². The van der Waals surface area contributed by atoms with Crippen LogP contribution in [0, 0.1) is 11.7 Å². The van der Waals surface area contributed by atoms with Crippen LogP contribution in [0.1, 0.15) is 39.2 Å². The fourth-order valence-electron chi connectivity index (χ4n) is 3.02. The Morgan fingerprint density at radius 1 is 1.35 bits per heavy atom. The first kappa shape index (κ1) is 12.6. The molecule has 0 bridgehead atoms. The van der Waals surface area contributed by atoms with Crippen LogP contribution in [0.4, 0.5) is 4.39 Å². The monoisotopic (exact) mass is 235 g/mol. The first-order valence-electron chi connectivity index (χ1n) is 6.52. The predicted molar refractivity (Wildman–Crippen MR) is 69.6 cm³/mol. The van der Waals surface area contributed by atoms with Crippen molar-refractivity contribution in [2.24, 2.45) is 5.92 Å². The van der Waals surface area contributed by atoms with Crippen LogP contribution in [-0.2, 0) is 5.41 Å². The van der Waals surface area contributed by atoms with Gasteiger partial charge in [-0.05, 0) is 30.4 Å². The predicted octanol–water partition coefficient (Wildman–Crippen LogP) is 3.49. The highest BCUT2D eigenvalue weighted by Crippen LogP contribution is 2.47. The Morgan fingerprint density at radius 3 is 2.53 bits per heavy atom. The minimum absolute atomic E-state index is 0.0228. The summed E-state index contributed by atoms with van der Waals surface area (Å²) in [5.41, 5.74) is 0.918. The first-order chi connectivity index (χ1) is 8.03. The van der Waals surface area contributed by atoms with Crippen LogP contribution in [0.2, 0.25) is 0 Å². The van der Waals surface area contributed by atoms with Crippen LogP contribution >= 0.6 is 0 Å². The Bertz CT molecular complexity index is 380. The van der Waals surface area contributed by atoms with Gasteiger partial charge in [-0.2, -0.15) is 0 Å². The average molecular weight is 235 g/mol. The first-order valence-corrected chi connectivity index (χ1v) is 6.52. The van der Waals surface area contributed by atoms with Gasteiger partial charge in [0.15, 0.2) is 0 Å². The van der Waals surface area contributed by atoms with Gasteiger partial charge < -0.3 is 5.32 Å². The van der Waals surface area contributed by atoms with Crippen LogP contribution in [0.15, 0.2) is 24.3 Å². The molecule has 1 nitrogen and oxygen atoms in total. The molecule has 1 aromatic carbocycles. The van der Waals surface area contributed by atoms with E-state index < -0.39 is 0 Å². The molecule has 1 aliphatic carbocycles. The lowest BCUT2D eigenvalue weighted by Gasteiger charge is -2.47. The molecular weight excluding hydrogens is 213 g/mol. The van der Waals surface area contributed by atoms with Gasteiger partial charge in [0.25, 0.3) is 0 Å². The Labute approximate surface area is 103 Å². The Hall–Kier alpha value is -0.890. The lowest BCUT2D eigenvalue weighted by Crippen LogP contribution is -2.49. The lowest BCUT2D eigenvalue weighted by molar-refractivity contribution is 0.145. The molecule has 2 heteroatoms. The number of halogens is 1. The summed E-state index contributed by atoms with van der Waals surface area (Å²) in [5.74, 6) is 0.661. The van der Waals surface area contributed by atoms with E-state index in [0.717, 1.165) is 24.9 Å². The van der Waals surface area contributed by atoms with Crippen molar-refractivity contribution < 1.29 is 4.39 Å². The Morgan fingerprint density at radius 2 is 2.00 bits per heavy atom. The van der Waals surface area contributed by atoms with Crippen molar-refractivity contribution in [3.63, 3.8) is 0 Å². The highest BCUT2D eigenvalue weighted by atomic mass is 19.1. The second kappa shape index (κ2) is 4.77. The number of benzene rings is 1. The zero-order valence-corrected chi connectivity index (χ0v) is 11.0. The maximum Gasteiger partial charge on any atom is 0.127 e. The molecule has 1 aliphatic rings. The van der Waals surface area contributed by atoms with Crippen molar-refractivity contribution in [3.05, 3.63) is 35.6 Å². The number of hydrogen-bond acceptors (Lipinski definition) is 1. The molecule has 2 rings (SSSR count). The minimum atomic E-state index is -0.0510. The topological polar surface area (TPSA) is 12.0 Å². The molecule has 0 unspecified atom stereocenters. The molecule has 0 radical (unpaired) electrons. The van der Waals surface area contributed by atoms with Gasteiger partial charge in [-0.25, -0.2) is 4.39 Å². The summed E-state index contributed by atoms with van der Waals surface area (Å²) in [5, 5.41) is 3.47. The molecule has 17 heavy (non-hydrogen) atoms. The van der Waals surface area contributed by atoms with Gasteiger partial charge >= 0.3 is 0 Å². The zero-order valence-electron chi connectivity index (χ0n) is 11.0. The normalized spacial score (nSPS) is 28.2. The van der Waals surface area contributed by atoms with E-state index >= 15 is 0 Å². The van der Waals surface area contributed by atoms with E-state index in [1.807, 2.05) is 12.1 Å². The summed E-state index contributed by atoms with van der Waals surface area (Å²) in [7, 11) is 0. The van der Waals surface area contributed by atoms with E-state index in [1.165, 1.54) is 0 Å². The quantitative estimate of drug-likeness (QED) is 0.842. The zero-order chi connectivity index (χ0) is 12.5. The van der Waals surface area contributed by atoms with E-state index in [2.05, 4.69) is 26.1 Å². The van der Waals surface area contributed by atoms with Gasteiger partial charge in [0, 0.05) is 18.0 Å². The van der Waals surface area contributed by atoms with Gasteiger partial charge in [0.1, 0.15) is 5.82 Å². The Balaban J connectivity index is 2.20. The van der Waals surface area contributed by atoms with E-state index in [4.69, 9.17) is 0 Å². The van der Waals surface area contributed by atoms with Crippen LogP contribution in [0.25, 0.3) is 0 Å². The molecule has 0 heterocycles. The molecule has 1 fully saturated rings. The largest absolute Gasteiger partial charge is 0.314 e. The van der Waals surface area contributed by atoms with Gasteiger partial charge in [-0.3, -0.25) is 0 Å². The van der Waals surface area contributed by atoms with E-state index in [9.17, 15) is 4.39 Å². The van der Waals surface area contributed by atoms with Crippen LogP contribution in [0.5, 0.6) is 0 Å². The van der Waals surface area contributed by atoms with Crippen molar-refractivity contribution in [1.82, 2.24) is 5.32 Å². The number of hydrogen-bond donors (Lipinski definition) is 1. The van der Waals surface area contributed by atoms with Crippen LogP contribution in [-0.4, -0.2) is 12.6 Å². The third-order valence-electron chi connectivity index (χ3n) is 3.77. The maximum absolute atomic E-state index is 13.9. The van der Waals surface area contributed by atoms with E-state index in [0.29, 0.717) is 12.0 Å². The van der Waals surface area contributed by atoms with Crippen molar-refractivity contribution in [2.45, 2.75) is 45.1 Å².